The van der Waals surface area contributed by atoms with E-state index < -0.39 is 5.97 Å². The van der Waals surface area contributed by atoms with E-state index in [1.165, 1.54) is 13.2 Å². The number of carbonyl (C=O) groups is 1. The lowest BCUT2D eigenvalue weighted by molar-refractivity contribution is -0.131. The van der Waals surface area contributed by atoms with Gasteiger partial charge < -0.3 is 14.6 Å². The summed E-state index contributed by atoms with van der Waals surface area (Å²) in [6.07, 6.45) is 2.48. The molecular formula is C12H13ClO4. The van der Waals surface area contributed by atoms with Crippen molar-refractivity contribution in [1.29, 1.82) is 0 Å². The molecule has 0 fully saturated rings. The normalized spacial score (nSPS) is 10.5. The average Bonchev–Trinajstić information content (AvgIpc) is 2.26. The molecule has 0 heterocycles. The summed E-state index contributed by atoms with van der Waals surface area (Å²) in [6, 6.07) is 3.29. The fourth-order valence-corrected chi connectivity index (χ4v) is 1.61. The predicted molar refractivity (Wildman–Crippen MR) is 65.8 cm³/mol. The molecule has 0 aliphatic rings. The zero-order valence-corrected chi connectivity index (χ0v) is 10.3. The molecule has 0 saturated carbocycles. The van der Waals surface area contributed by atoms with Gasteiger partial charge in [0, 0.05) is 6.08 Å². The van der Waals surface area contributed by atoms with Crippen LogP contribution < -0.4 is 9.47 Å². The second-order valence-electron chi connectivity index (χ2n) is 3.14. The molecule has 0 unspecified atom stereocenters. The monoisotopic (exact) mass is 256 g/mol. The van der Waals surface area contributed by atoms with Crippen LogP contribution in [0.15, 0.2) is 18.2 Å². The molecule has 4 nitrogen and oxygen atoms in total. The molecule has 0 bridgehead atoms. The first-order valence-corrected chi connectivity index (χ1v) is 5.37. The third-order valence-electron chi connectivity index (χ3n) is 1.95. The fraction of sp³-hybridized carbons (Fsp3) is 0.250. The van der Waals surface area contributed by atoms with Gasteiger partial charge in [-0.3, -0.25) is 0 Å². The third kappa shape index (κ3) is 3.67. The van der Waals surface area contributed by atoms with Crippen LogP contribution in [-0.2, 0) is 4.79 Å². The zero-order chi connectivity index (χ0) is 12.8. The Morgan fingerprint density at radius 2 is 2.24 bits per heavy atom. The Labute approximate surface area is 104 Å². The van der Waals surface area contributed by atoms with Crippen LogP contribution in [0.1, 0.15) is 12.5 Å². The van der Waals surface area contributed by atoms with Crippen LogP contribution in [0.5, 0.6) is 11.5 Å². The summed E-state index contributed by atoms with van der Waals surface area (Å²) < 4.78 is 10.5. The molecule has 0 radical (unpaired) electrons. The molecule has 0 saturated heterocycles. The highest BCUT2D eigenvalue weighted by Gasteiger charge is 2.10. The Balaban J connectivity index is 3.14. The van der Waals surface area contributed by atoms with Crippen LogP contribution in [0.4, 0.5) is 0 Å². The molecule has 1 N–H and O–H groups in total. The first-order valence-electron chi connectivity index (χ1n) is 4.99. The maximum absolute atomic E-state index is 10.4. The maximum atomic E-state index is 10.4. The van der Waals surface area contributed by atoms with Crippen LogP contribution in [0.2, 0.25) is 5.02 Å². The van der Waals surface area contributed by atoms with Gasteiger partial charge in [0.15, 0.2) is 11.5 Å². The summed E-state index contributed by atoms with van der Waals surface area (Å²) in [5, 5.41) is 8.92. The average molecular weight is 257 g/mol. The van der Waals surface area contributed by atoms with Crippen molar-refractivity contribution in [2.24, 2.45) is 0 Å². The van der Waals surface area contributed by atoms with Gasteiger partial charge in [0.25, 0.3) is 0 Å². The Morgan fingerprint density at radius 1 is 1.53 bits per heavy atom. The quantitative estimate of drug-likeness (QED) is 0.823. The highest BCUT2D eigenvalue weighted by molar-refractivity contribution is 6.32. The summed E-state index contributed by atoms with van der Waals surface area (Å²) >= 11 is 6.00. The highest BCUT2D eigenvalue weighted by Crippen LogP contribution is 2.36. The Kier molecular flexibility index (Phi) is 4.84. The minimum absolute atomic E-state index is 0.378. The van der Waals surface area contributed by atoms with E-state index in [9.17, 15) is 4.79 Å². The minimum atomic E-state index is -1.02. The molecule has 0 atom stereocenters. The van der Waals surface area contributed by atoms with Gasteiger partial charge in [-0.05, 0) is 30.7 Å². The third-order valence-corrected chi connectivity index (χ3v) is 2.23. The molecule has 0 aliphatic heterocycles. The number of ether oxygens (including phenoxy) is 2. The molecule has 0 spiro atoms. The van der Waals surface area contributed by atoms with E-state index in [1.807, 2.05) is 6.92 Å². The van der Waals surface area contributed by atoms with Gasteiger partial charge in [0.2, 0.25) is 0 Å². The lowest BCUT2D eigenvalue weighted by Gasteiger charge is -2.11. The molecule has 92 valence electrons. The smallest absolute Gasteiger partial charge is 0.328 e. The van der Waals surface area contributed by atoms with Crippen LogP contribution in [0.25, 0.3) is 6.08 Å². The van der Waals surface area contributed by atoms with Crippen molar-refractivity contribution in [2.75, 3.05) is 13.7 Å². The van der Waals surface area contributed by atoms with Gasteiger partial charge in [0.1, 0.15) is 0 Å². The van der Waals surface area contributed by atoms with E-state index >= 15 is 0 Å². The van der Waals surface area contributed by atoms with E-state index in [2.05, 4.69) is 0 Å². The van der Waals surface area contributed by atoms with Gasteiger partial charge in [-0.1, -0.05) is 11.6 Å². The topological polar surface area (TPSA) is 55.8 Å². The van der Waals surface area contributed by atoms with Crippen molar-refractivity contribution in [1.82, 2.24) is 0 Å². The van der Waals surface area contributed by atoms with E-state index in [1.54, 1.807) is 12.1 Å². The van der Waals surface area contributed by atoms with Crippen LogP contribution in [0.3, 0.4) is 0 Å². The van der Waals surface area contributed by atoms with Crippen LogP contribution >= 0.6 is 11.6 Å². The van der Waals surface area contributed by atoms with Crippen molar-refractivity contribution < 1.29 is 19.4 Å². The largest absolute Gasteiger partial charge is 0.491 e. The van der Waals surface area contributed by atoms with Crippen molar-refractivity contribution in [2.45, 2.75) is 6.92 Å². The second-order valence-corrected chi connectivity index (χ2v) is 3.55. The number of hydrogen-bond acceptors (Lipinski definition) is 3. The molecule has 1 aromatic rings. The Morgan fingerprint density at radius 3 is 2.76 bits per heavy atom. The summed E-state index contributed by atoms with van der Waals surface area (Å²) in [4.78, 5) is 10.4. The first-order chi connectivity index (χ1) is 8.08. The van der Waals surface area contributed by atoms with Crippen molar-refractivity contribution in [3.05, 3.63) is 28.8 Å². The molecule has 1 rings (SSSR count). The Hall–Kier alpha value is -1.68. The minimum Gasteiger partial charge on any atom is -0.491 e. The molecule has 0 amide bonds. The lowest BCUT2D eigenvalue weighted by Crippen LogP contribution is -1.96. The summed E-state index contributed by atoms with van der Waals surface area (Å²) in [5.41, 5.74) is 0.640. The first kappa shape index (κ1) is 13.4. The maximum Gasteiger partial charge on any atom is 0.328 e. The number of hydrogen-bond donors (Lipinski definition) is 1. The molecule has 5 heteroatoms. The van der Waals surface area contributed by atoms with Crippen molar-refractivity contribution in [3.63, 3.8) is 0 Å². The fourth-order valence-electron chi connectivity index (χ4n) is 1.31. The molecule has 0 aromatic heterocycles. The molecule has 17 heavy (non-hydrogen) atoms. The van der Waals surface area contributed by atoms with E-state index in [-0.39, 0.29) is 0 Å². The number of benzene rings is 1. The van der Waals surface area contributed by atoms with Crippen molar-refractivity contribution >= 4 is 23.6 Å². The van der Waals surface area contributed by atoms with E-state index in [0.717, 1.165) is 6.08 Å². The van der Waals surface area contributed by atoms with Crippen LogP contribution in [-0.4, -0.2) is 24.8 Å². The lowest BCUT2D eigenvalue weighted by atomic mass is 10.2. The number of aliphatic carboxylic acids is 1. The summed E-state index contributed by atoms with van der Waals surface area (Å²) in [5.74, 6) is -0.0802. The second kappa shape index (κ2) is 6.15. The summed E-state index contributed by atoms with van der Waals surface area (Å²) in [6.45, 7) is 2.31. The van der Waals surface area contributed by atoms with Gasteiger partial charge in [-0.15, -0.1) is 0 Å². The van der Waals surface area contributed by atoms with Gasteiger partial charge in [-0.2, -0.15) is 0 Å². The number of carboxylic acid groups (broad SMARTS) is 1. The van der Waals surface area contributed by atoms with Crippen LogP contribution in [0, 0.1) is 0 Å². The number of methoxy groups -OCH3 is 1. The summed E-state index contributed by atoms with van der Waals surface area (Å²) in [7, 11) is 1.50. The van der Waals surface area contributed by atoms with Gasteiger partial charge in [-0.25, -0.2) is 4.79 Å². The van der Waals surface area contributed by atoms with Gasteiger partial charge >= 0.3 is 5.97 Å². The zero-order valence-electron chi connectivity index (χ0n) is 9.57. The molecule has 1 aromatic carbocycles. The van der Waals surface area contributed by atoms with Gasteiger partial charge in [0.05, 0.1) is 18.7 Å². The number of rotatable bonds is 5. The SMILES string of the molecule is CCOc1cc(/C=C/C(=O)O)cc(Cl)c1OC. The Bertz CT molecular complexity index is 440. The molecule has 0 aliphatic carbocycles. The molecular weight excluding hydrogens is 244 g/mol. The standard InChI is InChI=1S/C12H13ClO4/c1-3-17-10-7-8(4-5-11(14)15)6-9(13)12(10)16-2/h4-7H,3H2,1-2H3,(H,14,15)/b5-4+. The van der Waals surface area contributed by atoms with E-state index in [0.29, 0.717) is 28.7 Å². The number of carboxylic acids is 1. The number of halogens is 1. The van der Waals surface area contributed by atoms with E-state index in [4.69, 9.17) is 26.2 Å². The predicted octanol–water partition coefficient (Wildman–Crippen LogP) is 2.85. The van der Waals surface area contributed by atoms with Crippen molar-refractivity contribution in [3.8, 4) is 11.5 Å². The highest BCUT2D eigenvalue weighted by atomic mass is 35.5.